The fourth-order valence-corrected chi connectivity index (χ4v) is 8.06. The van der Waals surface area contributed by atoms with Gasteiger partial charge < -0.3 is 66.6 Å². The second kappa shape index (κ2) is 28.6. The summed E-state index contributed by atoms with van der Waals surface area (Å²) in [6.07, 6.45) is 7.27. The van der Waals surface area contributed by atoms with Gasteiger partial charge in [-0.1, -0.05) is 117 Å². The first-order valence-electron chi connectivity index (χ1n) is 22.2. The van der Waals surface area contributed by atoms with Gasteiger partial charge in [-0.15, -0.1) is 6.58 Å². The molecule has 2 aliphatic heterocycles. The minimum atomic E-state index is -1.28. The van der Waals surface area contributed by atoms with E-state index in [0.29, 0.717) is 102 Å². The summed E-state index contributed by atoms with van der Waals surface area (Å²) in [5, 5.41) is 33.5. The zero-order valence-electron chi connectivity index (χ0n) is 38.9. The Balaban J connectivity index is 0.00000159. The number of methoxy groups -OCH3 is 1. The predicted octanol–water partition coefficient (Wildman–Crippen LogP) is 12.1. The third-order valence-corrected chi connectivity index (χ3v) is 11.5. The topological polar surface area (TPSA) is 162 Å². The van der Waals surface area contributed by atoms with E-state index in [4.69, 9.17) is 51.3 Å². The maximum atomic E-state index is 11.3. The van der Waals surface area contributed by atoms with Gasteiger partial charge in [0.15, 0.2) is 25.2 Å². The largest absolute Gasteiger partial charge is 0.507 e. The molecule has 14 nitrogen and oxygen atoms in total. The monoisotopic (exact) mass is 962 g/mol. The van der Waals surface area contributed by atoms with Gasteiger partial charge in [-0.3, -0.25) is 0 Å². The Morgan fingerprint density at radius 2 is 1.25 bits per heavy atom. The molecule has 16 heteroatoms. The average Bonchev–Trinajstić information content (AvgIpc) is 4.09. The number of benzene rings is 4. The van der Waals surface area contributed by atoms with Crippen molar-refractivity contribution in [1.82, 2.24) is 0 Å². The number of unbranched alkanes of at least 4 members (excludes halogenated alkanes) is 1. The van der Waals surface area contributed by atoms with Gasteiger partial charge >= 0.3 is 0 Å². The highest BCUT2D eigenvalue weighted by Gasteiger charge is 2.28. The van der Waals surface area contributed by atoms with E-state index in [2.05, 4.69) is 20.1 Å². The van der Waals surface area contributed by atoms with Gasteiger partial charge in [0, 0.05) is 42.6 Å². The van der Waals surface area contributed by atoms with Crippen LogP contribution in [0.25, 0.3) is 22.3 Å². The van der Waals surface area contributed by atoms with Crippen molar-refractivity contribution < 1.29 is 66.6 Å². The van der Waals surface area contributed by atoms with Crippen molar-refractivity contribution in [3.05, 3.63) is 144 Å². The van der Waals surface area contributed by atoms with Crippen LogP contribution in [0.1, 0.15) is 94.4 Å². The smallest absolute Gasteiger partial charge is 0.275 e. The van der Waals surface area contributed by atoms with Gasteiger partial charge in [-0.05, 0) is 39.2 Å². The quantitative estimate of drug-likeness (QED) is 0.0144. The molecule has 0 saturated carbocycles. The number of ether oxygens (including phenoxy) is 7. The highest BCUT2D eigenvalue weighted by Crippen LogP contribution is 2.47. The van der Waals surface area contributed by atoms with Crippen molar-refractivity contribution in [2.75, 3.05) is 53.4 Å². The molecule has 0 aromatic heterocycles. The second-order valence-electron chi connectivity index (χ2n) is 14.8. The van der Waals surface area contributed by atoms with Gasteiger partial charge in [0.2, 0.25) is 9.03 Å². The molecule has 4 aromatic rings. The molecule has 4 atom stereocenters. The third-order valence-electron chi connectivity index (χ3n) is 10.2. The van der Waals surface area contributed by atoms with Crippen LogP contribution in [0, 0.1) is 0 Å². The van der Waals surface area contributed by atoms with Crippen molar-refractivity contribution in [1.29, 1.82) is 0 Å². The molecule has 6 rings (SSSR count). The number of hydrogen-bond donors (Lipinski definition) is 3. The van der Waals surface area contributed by atoms with Crippen LogP contribution in [-0.2, 0) is 42.2 Å². The number of rotatable bonds is 25. The average molecular weight is 963 g/mol. The minimum Gasteiger partial charge on any atom is -0.507 e. The highest BCUT2D eigenvalue weighted by atomic mass is 31.1. The molecule has 4 unspecified atom stereocenters. The molecule has 2 heterocycles. The van der Waals surface area contributed by atoms with Gasteiger partial charge in [0.1, 0.15) is 28.8 Å². The number of aliphatic hydroxyl groups is 1. The molecule has 3 N–H and O–H groups in total. The SMILES string of the molecule is C=C(OPOc1c(-c2cccc(C3OCCO3)c2O)cccc1C(O)OCC)/C(C)=C\C=C/CCOPOc1c(-c2cccc(C3OCCO3)c2O)cccc1C(OC)OCC.C=CCCC. The van der Waals surface area contributed by atoms with Crippen molar-refractivity contribution in [2.24, 2.45) is 0 Å². The first-order chi connectivity index (χ1) is 32.7. The molecule has 2 aliphatic rings. The van der Waals surface area contributed by atoms with Crippen LogP contribution in [0.4, 0.5) is 0 Å². The summed E-state index contributed by atoms with van der Waals surface area (Å²) in [6.45, 7) is 18.1. The third kappa shape index (κ3) is 14.9. The number of aliphatic hydroxyl groups excluding tert-OH is 1. The fourth-order valence-electron chi connectivity index (χ4n) is 6.88. The maximum Gasteiger partial charge on any atom is 0.275 e. The van der Waals surface area contributed by atoms with Gasteiger partial charge in [0.25, 0.3) is 9.03 Å². The van der Waals surface area contributed by atoms with Crippen LogP contribution in [0.15, 0.2) is 122 Å². The number of phenols is 2. The number of para-hydroxylation sites is 4. The molecule has 0 bridgehead atoms. The fraction of sp³-hybridized carbons (Fsp3) is 0.373. The lowest BCUT2D eigenvalue weighted by Gasteiger charge is -2.22. The summed E-state index contributed by atoms with van der Waals surface area (Å²) in [4.78, 5) is 0. The van der Waals surface area contributed by atoms with E-state index in [9.17, 15) is 15.3 Å². The summed E-state index contributed by atoms with van der Waals surface area (Å²) in [6, 6.07) is 21.5. The number of aromatic hydroxyl groups is 2. The van der Waals surface area contributed by atoms with E-state index in [-0.39, 0.29) is 32.9 Å². The molecule has 2 saturated heterocycles. The first-order valence-corrected chi connectivity index (χ1v) is 23.9. The molecular weight excluding hydrogens is 898 g/mol. The zero-order valence-corrected chi connectivity index (χ0v) is 40.9. The Morgan fingerprint density at radius 1 is 0.731 bits per heavy atom. The number of hydrogen-bond acceptors (Lipinski definition) is 14. The van der Waals surface area contributed by atoms with E-state index in [1.54, 1.807) is 62.6 Å². The first kappa shape index (κ1) is 53.3. The van der Waals surface area contributed by atoms with Crippen molar-refractivity contribution in [3.8, 4) is 45.3 Å². The molecule has 362 valence electrons. The Kier molecular flexibility index (Phi) is 22.8. The van der Waals surface area contributed by atoms with Gasteiger partial charge in [-0.25, -0.2) is 0 Å². The second-order valence-corrected chi connectivity index (χ2v) is 16.0. The predicted molar refractivity (Wildman–Crippen MR) is 261 cm³/mol. The van der Waals surface area contributed by atoms with E-state index < -0.39 is 34.2 Å². The molecule has 0 aliphatic carbocycles. The normalized spacial score (nSPS) is 15.6. The van der Waals surface area contributed by atoms with Crippen LogP contribution >= 0.6 is 18.1 Å². The zero-order chi connectivity index (χ0) is 48.0. The van der Waals surface area contributed by atoms with Crippen LogP contribution in [-0.4, -0.2) is 68.7 Å². The van der Waals surface area contributed by atoms with Crippen LogP contribution in [0.3, 0.4) is 0 Å². The van der Waals surface area contributed by atoms with Crippen molar-refractivity contribution >= 4 is 18.1 Å². The summed E-state index contributed by atoms with van der Waals surface area (Å²) >= 11 is 0. The van der Waals surface area contributed by atoms with E-state index in [1.807, 2.05) is 62.4 Å². The summed E-state index contributed by atoms with van der Waals surface area (Å²) in [5.41, 5.74) is 4.96. The van der Waals surface area contributed by atoms with E-state index in [0.717, 1.165) is 12.0 Å². The van der Waals surface area contributed by atoms with Crippen LogP contribution < -0.4 is 9.05 Å². The Labute approximate surface area is 397 Å². The van der Waals surface area contributed by atoms with Gasteiger partial charge in [0.05, 0.1) is 55.3 Å². The molecule has 2 fully saturated rings. The lowest BCUT2D eigenvalue weighted by Crippen LogP contribution is -2.08. The Morgan fingerprint density at radius 3 is 1.78 bits per heavy atom. The van der Waals surface area contributed by atoms with Crippen molar-refractivity contribution in [3.63, 3.8) is 0 Å². The molecule has 4 aromatic carbocycles. The summed E-state index contributed by atoms with van der Waals surface area (Å²) in [7, 11) is 0.650. The van der Waals surface area contributed by atoms with Gasteiger partial charge in [-0.2, -0.15) is 0 Å². The lowest BCUT2D eigenvalue weighted by molar-refractivity contribution is -0.124. The molecule has 67 heavy (non-hydrogen) atoms. The highest BCUT2D eigenvalue weighted by molar-refractivity contribution is 7.27. The molecule has 0 radical (unpaired) electrons. The Bertz CT molecular complexity index is 2240. The van der Waals surface area contributed by atoms with Crippen molar-refractivity contribution in [2.45, 2.75) is 72.1 Å². The Hall–Kier alpha value is -4.66. The lowest BCUT2D eigenvalue weighted by atomic mass is 9.97. The van der Waals surface area contributed by atoms with Crippen LogP contribution in [0.2, 0.25) is 0 Å². The van der Waals surface area contributed by atoms with Crippen LogP contribution in [0.5, 0.6) is 23.0 Å². The van der Waals surface area contributed by atoms with E-state index in [1.165, 1.54) is 6.42 Å². The number of allylic oxidation sites excluding steroid dienone is 4. The standard InChI is InChI=1S/C46H54O14P2.C5H10/c1-6-51-43(49)37-22-13-18-33(31-16-11-20-35(39(31)47)45-53-25-26-54-45)41(37)60-62-58-30(4)29(3)15-9-8-10-24-57-61-59-42-34(19-14-23-38(42)44(50-5)52-7-2)32-17-12-21-36(40(32)48)46-55-27-28-56-46;1-3-5-4-2/h8-9,11-23,43-49,61-62H,4,6-7,10,24-28H2,1-3,5H3;3H,1,4-5H2,2H3/b9-8-,29-15-;. The molecule has 0 spiro atoms. The molecular formula is C51H64O14P2. The molecule has 0 amide bonds. The number of phenolic OH excluding ortho intramolecular Hbond substituents is 2. The summed E-state index contributed by atoms with van der Waals surface area (Å²) in [5.74, 6) is 1.15. The minimum absolute atomic E-state index is 0.0218. The summed E-state index contributed by atoms with van der Waals surface area (Å²) < 4.78 is 63.8. The van der Waals surface area contributed by atoms with E-state index >= 15 is 0 Å². The maximum absolute atomic E-state index is 11.3.